The molecule has 0 radical (unpaired) electrons. The number of nitrogens with one attached hydrogen (secondary N) is 1. The van der Waals surface area contributed by atoms with Gasteiger partial charge >= 0.3 is 0 Å². The van der Waals surface area contributed by atoms with E-state index in [0.717, 1.165) is 39.2 Å². The van der Waals surface area contributed by atoms with Crippen LogP contribution in [0.15, 0.2) is 72.8 Å². The molecule has 30 heavy (non-hydrogen) atoms. The zero-order valence-electron chi connectivity index (χ0n) is 17.4. The standard InChI is InChI=1S/C26H24N2O2/c1-4-30-20-12-10-19(11-13-20)27-26(29)23-16-25(21-14-9-17(2)15-18(21)3)28-24-8-6-5-7-22(23)24/h5-16H,4H2,1-3H3,(H,27,29). The topological polar surface area (TPSA) is 51.2 Å². The molecule has 0 saturated heterocycles. The number of para-hydroxylation sites is 1. The van der Waals surface area contributed by atoms with E-state index in [1.807, 2.05) is 61.5 Å². The van der Waals surface area contributed by atoms with Gasteiger partial charge in [-0.3, -0.25) is 4.79 Å². The number of amides is 1. The summed E-state index contributed by atoms with van der Waals surface area (Å²) in [5, 5.41) is 3.83. The van der Waals surface area contributed by atoms with Crippen LogP contribution in [0.3, 0.4) is 0 Å². The van der Waals surface area contributed by atoms with E-state index >= 15 is 0 Å². The fraction of sp³-hybridized carbons (Fsp3) is 0.154. The fourth-order valence-electron chi connectivity index (χ4n) is 3.60. The van der Waals surface area contributed by atoms with Crippen molar-refractivity contribution in [2.24, 2.45) is 0 Å². The van der Waals surface area contributed by atoms with Crippen LogP contribution in [0.5, 0.6) is 5.75 Å². The van der Waals surface area contributed by atoms with Crippen LogP contribution < -0.4 is 10.1 Å². The number of hydrogen-bond acceptors (Lipinski definition) is 3. The average molecular weight is 396 g/mol. The van der Waals surface area contributed by atoms with E-state index in [0.29, 0.717) is 12.2 Å². The zero-order valence-corrected chi connectivity index (χ0v) is 17.4. The lowest BCUT2D eigenvalue weighted by molar-refractivity contribution is 0.102. The Bertz CT molecular complexity index is 1210. The number of carbonyl (C=O) groups is 1. The first-order chi connectivity index (χ1) is 14.5. The molecular formula is C26H24N2O2. The van der Waals surface area contributed by atoms with Crippen LogP contribution >= 0.6 is 0 Å². The van der Waals surface area contributed by atoms with Gasteiger partial charge in [-0.15, -0.1) is 0 Å². The third-order valence-electron chi connectivity index (χ3n) is 5.04. The Labute approximate surface area is 176 Å². The van der Waals surface area contributed by atoms with Crippen molar-refractivity contribution in [3.05, 3.63) is 89.5 Å². The summed E-state index contributed by atoms with van der Waals surface area (Å²) >= 11 is 0. The Morgan fingerprint density at radius 3 is 2.47 bits per heavy atom. The van der Waals surface area contributed by atoms with Gasteiger partial charge in [-0.25, -0.2) is 4.98 Å². The number of pyridine rings is 1. The van der Waals surface area contributed by atoms with Gasteiger partial charge in [-0.1, -0.05) is 42.0 Å². The van der Waals surface area contributed by atoms with Crippen LogP contribution in [0.4, 0.5) is 5.69 Å². The summed E-state index contributed by atoms with van der Waals surface area (Å²) < 4.78 is 5.47. The predicted molar refractivity (Wildman–Crippen MR) is 122 cm³/mol. The van der Waals surface area contributed by atoms with Crippen molar-refractivity contribution in [1.29, 1.82) is 0 Å². The number of fused-ring (bicyclic) bond motifs is 1. The van der Waals surface area contributed by atoms with Gasteiger partial charge in [0.15, 0.2) is 0 Å². The monoisotopic (exact) mass is 396 g/mol. The average Bonchev–Trinajstić information content (AvgIpc) is 2.74. The van der Waals surface area contributed by atoms with Crippen LogP contribution in [0.1, 0.15) is 28.4 Å². The summed E-state index contributed by atoms with van der Waals surface area (Å²) in [5.41, 5.74) is 6.28. The summed E-state index contributed by atoms with van der Waals surface area (Å²) in [6.07, 6.45) is 0. The van der Waals surface area contributed by atoms with Crippen LogP contribution in [0.25, 0.3) is 22.2 Å². The van der Waals surface area contributed by atoms with E-state index in [9.17, 15) is 4.79 Å². The van der Waals surface area contributed by atoms with E-state index in [2.05, 4.69) is 37.4 Å². The Morgan fingerprint density at radius 1 is 0.967 bits per heavy atom. The second-order valence-corrected chi connectivity index (χ2v) is 7.30. The molecule has 1 heterocycles. The molecule has 4 rings (SSSR count). The summed E-state index contributed by atoms with van der Waals surface area (Å²) in [4.78, 5) is 18.0. The third kappa shape index (κ3) is 4.03. The minimum atomic E-state index is -0.163. The highest BCUT2D eigenvalue weighted by Crippen LogP contribution is 2.28. The summed E-state index contributed by atoms with van der Waals surface area (Å²) in [6.45, 7) is 6.69. The van der Waals surface area contributed by atoms with E-state index in [-0.39, 0.29) is 5.91 Å². The van der Waals surface area contributed by atoms with Crippen LogP contribution in [-0.4, -0.2) is 17.5 Å². The molecule has 1 amide bonds. The molecule has 0 atom stereocenters. The van der Waals surface area contributed by atoms with Gasteiger partial charge in [0.2, 0.25) is 0 Å². The number of hydrogen-bond donors (Lipinski definition) is 1. The SMILES string of the molecule is CCOc1ccc(NC(=O)c2cc(-c3ccc(C)cc3C)nc3ccccc23)cc1. The molecule has 0 unspecified atom stereocenters. The van der Waals surface area contributed by atoms with Crippen molar-refractivity contribution in [3.63, 3.8) is 0 Å². The van der Waals surface area contributed by atoms with E-state index < -0.39 is 0 Å². The lowest BCUT2D eigenvalue weighted by Crippen LogP contribution is -2.13. The number of carbonyl (C=O) groups excluding carboxylic acids is 1. The number of nitrogens with zero attached hydrogens (tertiary/aromatic N) is 1. The molecule has 0 aliphatic carbocycles. The Kier molecular flexibility index (Phi) is 5.48. The molecule has 4 heteroatoms. The highest BCUT2D eigenvalue weighted by molar-refractivity contribution is 6.13. The Balaban J connectivity index is 1.74. The molecule has 150 valence electrons. The van der Waals surface area contributed by atoms with Crippen LogP contribution in [-0.2, 0) is 0 Å². The molecule has 1 N–H and O–H groups in total. The molecule has 3 aromatic carbocycles. The Morgan fingerprint density at radius 2 is 1.73 bits per heavy atom. The highest BCUT2D eigenvalue weighted by atomic mass is 16.5. The van der Waals surface area contributed by atoms with Gasteiger partial charge in [0.1, 0.15) is 5.75 Å². The quantitative estimate of drug-likeness (QED) is 0.439. The second-order valence-electron chi connectivity index (χ2n) is 7.30. The number of ether oxygens (including phenoxy) is 1. The van der Waals surface area contributed by atoms with Crippen LogP contribution in [0.2, 0.25) is 0 Å². The smallest absolute Gasteiger partial charge is 0.256 e. The lowest BCUT2D eigenvalue weighted by atomic mass is 9.99. The minimum absolute atomic E-state index is 0.163. The molecule has 4 aromatic rings. The lowest BCUT2D eigenvalue weighted by Gasteiger charge is -2.12. The molecule has 1 aromatic heterocycles. The molecule has 0 bridgehead atoms. The van der Waals surface area contributed by atoms with Crippen molar-refractivity contribution >= 4 is 22.5 Å². The Hall–Kier alpha value is -3.66. The van der Waals surface area contributed by atoms with Gasteiger partial charge in [0.25, 0.3) is 5.91 Å². The van der Waals surface area contributed by atoms with Crippen molar-refractivity contribution in [2.45, 2.75) is 20.8 Å². The molecule has 0 saturated carbocycles. The first-order valence-electron chi connectivity index (χ1n) is 10.1. The van der Waals surface area contributed by atoms with Gasteiger partial charge in [-0.05, 0) is 62.7 Å². The maximum atomic E-state index is 13.2. The van der Waals surface area contributed by atoms with Crippen LogP contribution in [0, 0.1) is 13.8 Å². The van der Waals surface area contributed by atoms with E-state index in [1.54, 1.807) is 0 Å². The molecule has 0 spiro atoms. The fourth-order valence-corrected chi connectivity index (χ4v) is 3.60. The molecule has 0 fully saturated rings. The van der Waals surface area contributed by atoms with E-state index in [1.165, 1.54) is 5.56 Å². The molecule has 4 nitrogen and oxygen atoms in total. The molecule has 0 aliphatic heterocycles. The normalized spacial score (nSPS) is 10.8. The number of rotatable bonds is 5. The number of aromatic nitrogens is 1. The summed E-state index contributed by atoms with van der Waals surface area (Å²) in [5.74, 6) is 0.616. The maximum absolute atomic E-state index is 13.2. The number of aryl methyl sites for hydroxylation is 2. The highest BCUT2D eigenvalue weighted by Gasteiger charge is 2.15. The predicted octanol–water partition coefficient (Wildman–Crippen LogP) is 6.17. The zero-order chi connectivity index (χ0) is 21.1. The van der Waals surface area contributed by atoms with Crippen molar-refractivity contribution in [1.82, 2.24) is 4.98 Å². The maximum Gasteiger partial charge on any atom is 0.256 e. The second kappa shape index (κ2) is 8.37. The van der Waals surface area contributed by atoms with E-state index in [4.69, 9.17) is 9.72 Å². The molecule has 0 aliphatic rings. The number of anilines is 1. The summed E-state index contributed by atoms with van der Waals surface area (Å²) in [7, 11) is 0. The number of benzene rings is 3. The van der Waals surface area contributed by atoms with Crippen molar-refractivity contribution < 1.29 is 9.53 Å². The summed E-state index contributed by atoms with van der Waals surface area (Å²) in [6, 6.07) is 23.3. The van der Waals surface area contributed by atoms with Crippen molar-refractivity contribution in [3.8, 4) is 17.0 Å². The minimum Gasteiger partial charge on any atom is -0.494 e. The van der Waals surface area contributed by atoms with Gasteiger partial charge in [-0.2, -0.15) is 0 Å². The van der Waals surface area contributed by atoms with Crippen molar-refractivity contribution in [2.75, 3.05) is 11.9 Å². The van der Waals surface area contributed by atoms with Gasteiger partial charge in [0, 0.05) is 16.6 Å². The third-order valence-corrected chi connectivity index (χ3v) is 5.04. The first-order valence-corrected chi connectivity index (χ1v) is 10.1. The molecular weight excluding hydrogens is 372 g/mol. The first kappa shape index (κ1) is 19.6. The van der Waals surface area contributed by atoms with Gasteiger partial charge in [0.05, 0.1) is 23.4 Å². The largest absolute Gasteiger partial charge is 0.494 e. The van der Waals surface area contributed by atoms with Gasteiger partial charge < -0.3 is 10.1 Å².